The first-order valence-electron chi connectivity index (χ1n) is 21.2. The highest BCUT2D eigenvalue weighted by Crippen LogP contribution is 2.66. The Morgan fingerprint density at radius 2 is 1.17 bits per heavy atom. The van der Waals surface area contributed by atoms with Crippen LogP contribution in [-0.4, -0.2) is 0 Å². The van der Waals surface area contributed by atoms with Crippen molar-refractivity contribution in [2.75, 3.05) is 0 Å². The van der Waals surface area contributed by atoms with Crippen LogP contribution in [0.5, 0.6) is 0 Å². The Bertz CT molecular complexity index is 1230. The van der Waals surface area contributed by atoms with Crippen LogP contribution in [0.1, 0.15) is 196 Å². The summed E-state index contributed by atoms with van der Waals surface area (Å²) >= 11 is 0. The molecule has 0 heteroatoms. The molecular formula is C46H72. The molecule has 5 saturated carbocycles. The van der Waals surface area contributed by atoms with Gasteiger partial charge in [0.15, 0.2) is 0 Å². The van der Waals surface area contributed by atoms with Crippen LogP contribution in [0.25, 0.3) is 0 Å². The Morgan fingerprint density at radius 3 is 1.76 bits per heavy atom. The Kier molecular flexibility index (Phi) is 9.96. The number of rotatable bonds is 7. The molecule has 6 aliphatic rings. The summed E-state index contributed by atoms with van der Waals surface area (Å²) in [4.78, 5) is 0. The van der Waals surface area contributed by atoms with Crippen LogP contribution in [0.4, 0.5) is 0 Å². The van der Waals surface area contributed by atoms with Crippen LogP contribution in [0, 0.1) is 52.8 Å². The van der Waals surface area contributed by atoms with Crippen LogP contribution >= 0.6 is 0 Å². The van der Waals surface area contributed by atoms with E-state index in [-0.39, 0.29) is 0 Å². The quantitative estimate of drug-likeness (QED) is 0.265. The molecule has 0 saturated heterocycles. The standard InChI is InChI=1S/C46H72/c1-8-33-34(9-2)45(32-24-26-39-38-19-15-16-22-42(38)46(7,10-3)43(39)28-32)41-21-14-13-20-40(41)44(33)31-23-25-36(30(6)27-31)37-18-12-11-17-35(37)29(4)5/h30-32,35-39,42-43H,4,8-28H2,1-3,5-7H3/t30-,31?,32?,35?,36?,37?,38?,39?,42?,43?,46?/m1/s1. The van der Waals surface area contributed by atoms with Crippen molar-refractivity contribution in [3.8, 4) is 0 Å². The first-order chi connectivity index (χ1) is 22.3. The first kappa shape index (κ1) is 33.5. The van der Waals surface area contributed by atoms with Crippen molar-refractivity contribution < 1.29 is 0 Å². The molecule has 11 atom stereocenters. The van der Waals surface area contributed by atoms with E-state index in [2.05, 4.69) is 48.1 Å². The number of hydrogen-bond acceptors (Lipinski definition) is 0. The van der Waals surface area contributed by atoms with E-state index in [1.54, 1.807) is 6.42 Å². The van der Waals surface area contributed by atoms with Crippen LogP contribution in [-0.2, 0) is 25.7 Å². The average Bonchev–Trinajstić information content (AvgIpc) is 3.34. The molecule has 0 bridgehead atoms. The molecule has 0 spiro atoms. The Hall–Kier alpha value is -1.04. The van der Waals surface area contributed by atoms with Crippen LogP contribution < -0.4 is 0 Å². The molecule has 7 rings (SSSR count). The van der Waals surface area contributed by atoms with Gasteiger partial charge in [-0.2, -0.15) is 0 Å². The van der Waals surface area contributed by atoms with Gasteiger partial charge in [0.25, 0.3) is 0 Å². The van der Waals surface area contributed by atoms with E-state index in [1.165, 1.54) is 134 Å². The van der Waals surface area contributed by atoms with E-state index in [0.29, 0.717) is 5.41 Å². The molecule has 0 amide bonds. The van der Waals surface area contributed by atoms with Crippen molar-refractivity contribution in [3.63, 3.8) is 0 Å². The Balaban J connectivity index is 1.22. The van der Waals surface area contributed by atoms with E-state index in [9.17, 15) is 0 Å². The van der Waals surface area contributed by atoms with E-state index < -0.39 is 0 Å². The maximum atomic E-state index is 4.50. The molecule has 1 aromatic carbocycles. The minimum absolute atomic E-state index is 0.588. The molecule has 6 aliphatic carbocycles. The number of benzene rings is 1. The monoisotopic (exact) mass is 625 g/mol. The van der Waals surface area contributed by atoms with Crippen molar-refractivity contribution in [2.45, 2.75) is 188 Å². The van der Waals surface area contributed by atoms with Crippen LogP contribution in [0.3, 0.4) is 0 Å². The summed E-state index contributed by atoms with van der Waals surface area (Å²) in [5.41, 5.74) is 13.5. The van der Waals surface area contributed by atoms with E-state index in [0.717, 1.165) is 59.2 Å². The van der Waals surface area contributed by atoms with Crippen molar-refractivity contribution in [1.29, 1.82) is 0 Å². The molecule has 46 heavy (non-hydrogen) atoms. The molecule has 0 N–H and O–H groups in total. The van der Waals surface area contributed by atoms with Crippen molar-refractivity contribution in [1.82, 2.24) is 0 Å². The van der Waals surface area contributed by atoms with Crippen molar-refractivity contribution >= 4 is 0 Å². The van der Waals surface area contributed by atoms with Crippen molar-refractivity contribution in [3.05, 3.63) is 45.5 Å². The lowest BCUT2D eigenvalue weighted by Gasteiger charge is -2.46. The molecule has 5 fully saturated rings. The van der Waals surface area contributed by atoms with Gasteiger partial charge in [0, 0.05) is 0 Å². The Labute approximate surface area is 285 Å². The van der Waals surface area contributed by atoms with Crippen LogP contribution in [0.15, 0.2) is 12.2 Å². The molecular weight excluding hydrogens is 553 g/mol. The second-order valence-corrected chi connectivity index (χ2v) is 18.4. The summed E-state index contributed by atoms with van der Waals surface area (Å²) in [6, 6.07) is 0. The highest BCUT2D eigenvalue weighted by atomic mass is 14.6. The van der Waals surface area contributed by atoms with Crippen molar-refractivity contribution in [2.24, 2.45) is 52.8 Å². The molecule has 0 nitrogen and oxygen atoms in total. The smallest absolute Gasteiger partial charge is 0.0153 e. The predicted molar refractivity (Wildman–Crippen MR) is 199 cm³/mol. The predicted octanol–water partition coefficient (Wildman–Crippen LogP) is 13.3. The summed E-state index contributed by atoms with van der Waals surface area (Å²) in [7, 11) is 0. The number of allylic oxidation sites excluding steroid dienone is 1. The summed E-state index contributed by atoms with van der Waals surface area (Å²) in [5.74, 6) is 9.16. The summed E-state index contributed by atoms with van der Waals surface area (Å²) < 4.78 is 0. The van der Waals surface area contributed by atoms with Gasteiger partial charge in [-0.15, -0.1) is 0 Å². The molecule has 0 radical (unpaired) electrons. The topological polar surface area (TPSA) is 0 Å². The van der Waals surface area contributed by atoms with Gasteiger partial charge >= 0.3 is 0 Å². The molecule has 10 unspecified atom stereocenters. The fraction of sp³-hybridized carbons (Fsp3) is 0.826. The third-order valence-corrected chi connectivity index (χ3v) is 16.6. The maximum Gasteiger partial charge on any atom is -0.0153 e. The largest absolute Gasteiger partial charge is 0.0999 e. The van der Waals surface area contributed by atoms with Gasteiger partial charge in [-0.1, -0.05) is 78.9 Å². The highest BCUT2D eigenvalue weighted by Gasteiger charge is 2.58. The zero-order valence-electron chi connectivity index (χ0n) is 31.3. The molecule has 0 heterocycles. The number of hydrogen-bond donors (Lipinski definition) is 0. The second kappa shape index (κ2) is 13.7. The van der Waals surface area contributed by atoms with Gasteiger partial charge in [0.05, 0.1) is 0 Å². The average molecular weight is 625 g/mol. The fourth-order valence-corrected chi connectivity index (χ4v) is 14.6. The summed E-state index contributed by atoms with van der Waals surface area (Å²) in [6.07, 6.45) is 30.2. The van der Waals surface area contributed by atoms with Gasteiger partial charge in [-0.05, 0) is 208 Å². The zero-order chi connectivity index (χ0) is 32.2. The minimum Gasteiger partial charge on any atom is -0.0999 e. The normalized spacial score (nSPS) is 41.0. The van der Waals surface area contributed by atoms with Crippen LogP contribution in [0.2, 0.25) is 0 Å². The van der Waals surface area contributed by atoms with E-state index in [4.69, 9.17) is 0 Å². The minimum atomic E-state index is 0.588. The summed E-state index contributed by atoms with van der Waals surface area (Å²) in [6.45, 7) is 19.9. The number of fused-ring (bicyclic) bond motifs is 4. The first-order valence-corrected chi connectivity index (χ1v) is 21.2. The lowest BCUT2D eigenvalue weighted by atomic mass is 9.59. The van der Waals surface area contributed by atoms with E-state index in [1.807, 2.05) is 33.4 Å². The fourth-order valence-electron chi connectivity index (χ4n) is 14.6. The molecule has 0 aliphatic heterocycles. The third-order valence-electron chi connectivity index (χ3n) is 16.6. The molecule has 0 aromatic heterocycles. The highest BCUT2D eigenvalue weighted by molar-refractivity contribution is 5.56. The Morgan fingerprint density at radius 1 is 0.630 bits per heavy atom. The maximum absolute atomic E-state index is 4.50. The van der Waals surface area contributed by atoms with E-state index >= 15 is 0 Å². The SMILES string of the molecule is C=C(C)C1CCCCC1C1CCC(c2c(CC)c(CC)c(C3CCC4C5CCCCC5C(C)(CC)C4C3)c3c2CCCC3)C[C@H]1C. The lowest BCUT2D eigenvalue weighted by molar-refractivity contribution is 0.0905. The second-order valence-electron chi connectivity index (χ2n) is 18.4. The van der Waals surface area contributed by atoms with Gasteiger partial charge in [0.1, 0.15) is 0 Å². The molecule has 1 aromatic rings. The van der Waals surface area contributed by atoms with Gasteiger partial charge in [0.2, 0.25) is 0 Å². The van der Waals surface area contributed by atoms with Gasteiger partial charge in [-0.25, -0.2) is 0 Å². The van der Waals surface area contributed by atoms with Gasteiger partial charge < -0.3 is 0 Å². The third kappa shape index (κ3) is 5.53. The lowest BCUT2D eigenvalue weighted by Crippen LogP contribution is -2.35. The molecule has 256 valence electrons. The summed E-state index contributed by atoms with van der Waals surface area (Å²) in [5, 5.41) is 0. The zero-order valence-corrected chi connectivity index (χ0v) is 31.3. The van der Waals surface area contributed by atoms with Gasteiger partial charge in [-0.3, -0.25) is 0 Å².